The van der Waals surface area contributed by atoms with E-state index in [9.17, 15) is 14.7 Å². The van der Waals surface area contributed by atoms with Crippen molar-refractivity contribution in [1.82, 2.24) is 9.55 Å². The van der Waals surface area contributed by atoms with Crippen molar-refractivity contribution in [2.75, 3.05) is 0 Å². The van der Waals surface area contributed by atoms with Gasteiger partial charge < -0.3 is 10.1 Å². The third kappa shape index (κ3) is 6.33. The number of H-pyrrole nitrogens is 1. The highest BCUT2D eigenvalue weighted by molar-refractivity contribution is 5.95. The predicted octanol–water partition coefficient (Wildman–Crippen LogP) is 6.84. The van der Waals surface area contributed by atoms with Crippen molar-refractivity contribution in [2.45, 2.75) is 84.1 Å². The summed E-state index contributed by atoms with van der Waals surface area (Å²) in [5.41, 5.74) is 5.29. The molecule has 35 heavy (non-hydrogen) atoms. The van der Waals surface area contributed by atoms with Crippen LogP contribution < -0.4 is 5.69 Å². The lowest BCUT2D eigenvalue weighted by Crippen LogP contribution is -2.24. The first-order valence-corrected chi connectivity index (χ1v) is 13.3. The Kier molecular flexibility index (Phi) is 8.62. The number of aromatic carboxylic acids is 1. The fourth-order valence-corrected chi connectivity index (χ4v) is 5.43. The molecular formula is C30H38N2O3. The minimum atomic E-state index is -0.920. The third-order valence-electron chi connectivity index (χ3n) is 7.42. The molecule has 1 heterocycles. The van der Waals surface area contributed by atoms with Gasteiger partial charge in [0.25, 0.3) is 0 Å². The molecule has 1 aromatic heterocycles. The van der Waals surface area contributed by atoms with Crippen molar-refractivity contribution in [3.63, 3.8) is 0 Å². The summed E-state index contributed by atoms with van der Waals surface area (Å²) < 4.78 is 2.01. The number of imidazole rings is 1. The van der Waals surface area contributed by atoms with Gasteiger partial charge in [-0.3, -0.25) is 4.57 Å². The first-order chi connectivity index (χ1) is 17.1. The number of rotatable bonds is 11. The highest BCUT2D eigenvalue weighted by atomic mass is 16.4. The molecule has 0 bridgehead atoms. The van der Waals surface area contributed by atoms with E-state index in [4.69, 9.17) is 0 Å². The van der Waals surface area contributed by atoms with Crippen molar-refractivity contribution in [3.8, 4) is 11.1 Å². The minimum Gasteiger partial charge on any atom is -0.478 e. The van der Waals surface area contributed by atoms with Crippen LogP contribution >= 0.6 is 0 Å². The molecule has 1 aliphatic carbocycles. The number of unbranched alkanes of at least 4 members (excludes halogenated alkanes) is 3. The third-order valence-corrected chi connectivity index (χ3v) is 7.42. The van der Waals surface area contributed by atoms with Crippen LogP contribution in [0.3, 0.4) is 0 Å². The first kappa shape index (κ1) is 25.0. The number of aromatic nitrogens is 2. The summed E-state index contributed by atoms with van der Waals surface area (Å²) in [6, 6.07) is 15.2. The molecule has 0 unspecified atom stereocenters. The highest BCUT2D eigenvalue weighted by Gasteiger charge is 2.20. The Morgan fingerprint density at radius 1 is 1.00 bits per heavy atom. The van der Waals surface area contributed by atoms with Gasteiger partial charge in [-0.25, -0.2) is 9.59 Å². The highest BCUT2D eigenvalue weighted by Crippen LogP contribution is 2.27. The number of aryl methyl sites for hydroxylation is 1. The van der Waals surface area contributed by atoms with Crippen LogP contribution in [0.2, 0.25) is 0 Å². The largest absolute Gasteiger partial charge is 0.478 e. The van der Waals surface area contributed by atoms with Gasteiger partial charge in [0.05, 0.1) is 5.56 Å². The SMILES string of the molecule is CCCCCCc1[nH]c(=O)n(CC2CCCCC2)c1Cc1ccc(-c2ccccc2C(=O)O)cc1. The van der Waals surface area contributed by atoms with Gasteiger partial charge in [0, 0.05) is 24.4 Å². The second kappa shape index (κ2) is 12.1. The van der Waals surface area contributed by atoms with Crippen LogP contribution in [0.1, 0.15) is 92.0 Å². The van der Waals surface area contributed by atoms with Crippen molar-refractivity contribution in [3.05, 3.63) is 81.5 Å². The molecule has 5 nitrogen and oxygen atoms in total. The molecule has 0 aliphatic heterocycles. The van der Waals surface area contributed by atoms with Gasteiger partial charge in [-0.1, -0.05) is 87.9 Å². The Bertz CT molecular complexity index is 1170. The number of carboxylic acid groups (broad SMARTS) is 1. The van der Waals surface area contributed by atoms with E-state index in [1.54, 1.807) is 12.1 Å². The maximum Gasteiger partial charge on any atom is 0.336 e. The maximum absolute atomic E-state index is 13.0. The summed E-state index contributed by atoms with van der Waals surface area (Å²) in [6.45, 7) is 3.02. The van der Waals surface area contributed by atoms with E-state index in [-0.39, 0.29) is 5.69 Å². The standard InChI is InChI=1S/C30H38N2O3/c1-2-3-4-8-15-27-28(32(30(35)31-27)21-23-11-6-5-7-12-23)20-22-16-18-24(19-17-22)25-13-9-10-14-26(25)29(33)34/h9-10,13-14,16-19,23H,2-8,11-12,15,20-21H2,1H3,(H,31,35)(H,33,34). The number of nitrogens with one attached hydrogen (secondary N) is 1. The van der Waals surface area contributed by atoms with E-state index in [1.165, 1.54) is 51.4 Å². The van der Waals surface area contributed by atoms with E-state index in [0.29, 0.717) is 17.9 Å². The monoisotopic (exact) mass is 474 g/mol. The predicted molar refractivity (Wildman–Crippen MR) is 141 cm³/mol. The van der Waals surface area contributed by atoms with E-state index in [1.807, 2.05) is 28.8 Å². The average Bonchev–Trinajstić information content (AvgIpc) is 3.16. The fourth-order valence-electron chi connectivity index (χ4n) is 5.43. The van der Waals surface area contributed by atoms with Crippen molar-refractivity contribution < 1.29 is 9.90 Å². The summed E-state index contributed by atoms with van der Waals surface area (Å²) in [5.74, 6) is -0.338. The van der Waals surface area contributed by atoms with Crippen molar-refractivity contribution >= 4 is 5.97 Å². The molecule has 0 saturated heterocycles. The summed E-state index contributed by atoms with van der Waals surface area (Å²) in [6.07, 6.45) is 12.6. The van der Waals surface area contributed by atoms with Gasteiger partial charge in [-0.05, 0) is 54.4 Å². The van der Waals surface area contributed by atoms with Gasteiger partial charge in [0.1, 0.15) is 0 Å². The molecule has 1 fully saturated rings. The molecule has 3 aromatic rings. The summed E-state index contributed by atoms with van der Waals surface area (Å²) >= 11 is 0. The zero-order valence-electron chi connectivity index (χ0n) is 20.9. The summed E-state index contributed by atoms with van der Waals surface area (Å²) in [4.78, 5) is 27.8. The number of hydrogen-bond donors (Lipinski definition) is 2. The average molecular weight is 475 g/mol. The molecule has 2 aromatic carbocycles. The van der Waals surface area contributed by atoms with Crippen LogP contribution in [-0.4, -0.2) is 20.6 Å². The van der Waals surface area contributed by atoms with Gasteiger partial charge in [-0.15, -0.1) is 0 Å². The van der Waals surface area contributed by atoms with Crippen LogP contribution in [0.15, 0.2) is 53.3 Å². The Balaban J connectivity index is 1.58. The smallest absolute Gasteiger partial charge is 0.336 e. The second-order valence-corrected chi connectivity index (χ2v) is 10.0. The lowest BCUT2D eigenvalue weighted by atomic mass is 9.89. The van der Waals surface area contributed by atoms with Crippen LogP contribution in [-0.2, 0) is 19.4 Å². The Labute approximate surface area is 208 Å². The van der Waals surface area contributed by atoms with Gasteiger partial charge in [0.2, 0.25) is 0 Å². The van der Waals surface area contributed by atoms with E-state index < -0.39 is 5.97 Å². The van der Waals surface area contributed by atoms with Gasteiger partial charge in [0.15, 0.2) is 0 Å². The summed E-state index contributed by atoms with van der Waals surface area (Å²) in [7, 11) is 0. The van der Waals surface area contributed by atoms with E-state index >= 15 is 0 Å². The number of carbonyl (C=O) groups is 1. The molecule has 0 radical (unpaired) electrons. The van der Waals surface area contributed by atoms with Crippen molar-refractivity contribution in [2.24, 2.45) is 5.92 Å². The zero-order valence-corrected chi connectivity index (χ0v) is 20.9. The molecule has 0 amide bonds. The number of benzene rings is 2. The second-order valence-electron chi connectivity index (χ2n) is 10.0. The molecule has 0 atom stereocenters. The van der Waals surface area contributed by atoms with E-state index in [0.717, 1.165) is 47.5 Å². The summed E-state index contributed by atoms with van der Waals surface area (Å²) in [5, 5.41) is 9.54. The Morgan fingerprint density at radius 2 is 1.74 bits per heavy atom. The Hall–Kier alpha value is -3.08. The van der Waals surface area contributed by atoms with Crippen molar-refractivity contribution in [1.29, 1.82) is 0 Å². The molecule has 186 valence electrons. The number of nitrogens with zero attached hydrogens (tertiary/aromatic N) is 1. The molecule has 4 rings (SSSR count). The molecule has 0 spiro atoms. The van der Waals surface area contributed by atoms with Crippen LogP contribution in [0, 0.1) is 5.92 Å². The normalized spacial score (nSPS) is 14.3. The number of aromatic amines is 1. The molecular weight excluding hydrogens is 436 g/mol. The van der Waals surface area contributed by atoms with Gasteiger partial charge in [-0.2, -0.15) is 0 Å². The molecule has 2 N–H and O–H groups in total. The number of hydrogen-bond acceptors (Lipinski definition) is 2. The van der Waals surface area contributed by atoms with Crippen LogP contribution in [0.4, 0.5) is 0 Å². The number of carboxylic acids is 1. The maximum atomic E-state index is 13.0. The molecule has 1 saturated carbocycles. The lowest BCUT2D eigenvalue weighted by molar-refractivity contribution is 0.0697. The van der Waals surface area contributed by atoms with Crippen LogP contribution in [0.5, 0.6) is 0 Å². The Morgan fingerprint density at radius 3 is 2.46 bits per heavy atom. The molecule has 1 aliphatic rings. The first-order valence-electron chi connectivity index (χ1n) is 13.3. The van der Waals surface area contributed by atoms with E-state index in [2.05, 4.69) is 24.0 Å². The topological polar surface area (TPSA) is 75.1 Å². The molecule has 5 heteroatoms. The van der Waals surface area contributed by atoms with Gasteiger partial charge >= 0.3 is 11.7 Å². The quantitative estimate of drug-likeness (QED) is 0.299. The minimum absolute atomic E-state index is 0.0306. The van der Waals surface area contributed by atoms with Crippen LogP contribution in [0.25, 0.3) is 11.1 Å². The lowest BCUT2D eigenvalue weighted by Gasteiger charge is -2.22. The fraction of sp³-hybridized carbons (Fsp3) is 0.467. The zero-order chi connectivity index (χ0) is 24.6.